The highest BCUT2D eigenvalue weighted by atomic mass is 19.1. The van der Waals surface area contributed by atoms with Crippen LogP contribution in [0, 0.1) is 17.1 Å². The van der Waals surface area contributed by atoms with E-state index in [1.54, 1.807) is 24.1 Å². The molecule has 170 valence electrons. The van der Waals surface area contributed by atoms with Crippen molar-refractivity contribution in [3.8, 4) is 17.2 Å². The standard InChI is InChI=1S/C25H25FN4O3/c1-30-22-10-16(3-5-18(22)11-23(30)31)15-2-4-17(21(26)9-15)8-19(13-27)29-24(32)25-6-7-33-20(12-25)14-28-25/h2-5,9-10,19-20,28H,6-8,11-12,14H2,1H3,(H,29,32)/t19-,20-,25-/m0/s1. The summed E-state index contributed by atoms with van der Waals surface area (Å²) in [5, 5.41) is 15.6. The van der Waals surface area contributed by atoms with Gasteiger partial charge in [-0.2, -0.15) is 5.26 Å². The molecular weight excluding hydrogens is 423 g/mol. The number of amides is 2. The molecule has 3 heterocycles. The summed E-state index contributed by atoms with van der Waals surface area (Å²) in [6.45, 7) is 1.12. The summed E-state index contributed by atoms with van der Waals surface area (Å²) >= 11 is 0. The van der Waals surface area contributed by atoms with Crippen molar-refractivity contribution in [2.45, 2.75) is 43.4 Å². The second kappa shape index (κ2) is 8.25. The fraction of sp³-hybridized carbons (Fsp3) is 0.400. The van der Waals surface area contributed by atoms with Gasteiger partial charge in [-0.05, 0) is 40.8 Å². The maximum Gasteiger partial charge on any atom is 0.241 e. The van der Waals surface area contributed by atoms with Crippen LogP contribution in [0.4, 0.5) is 10.1 Å². The Hall–Kier alpha value is -3.28. The third-order valence-electron chi connectivity index (χ3n) is 7.00. The third kappa shape index (κ3) is 3.88. The van der Waals surface area contributed by atoms with Crippen molar-refractivity contribution in [2.24, 2.45) is 0 Å². The van der Waals surface area contributed by atoms with Crippen LogP contribution in [0.3, 0.4) is 0 Å². The zero-order chi connectivity index (χ0) is 23.2. The van der Waals surface area contributed by atoms with E-state index in [0.717, 1.165) is 16.8 Å². The van der Waals surface area contributed by atoms with Gasteiger partial charge in [-0.3, -0.25) is 9.59 Å². The normalized spacial score (nSPS) is 24.3. The Kier molecular flexibility index (Phi) is 5.39. The van der Waals surface area contributed by atoms with Gasteiger partial charge in [0.1, 0.15) is 17.4 Å². The highest BCUT2D eigenvalue weighted by Gasteiger charge is 2.48. The molecule has 2 aromatic carbocycles. The van der Waals surface area contributed by atoms with Gasteiger partial charge >= 0.3 is 0 Å². The molecule has 0 unspecified atom stereocenters. The molecule has 0 spiro atoms. The van der Waals surface area contributed by atoms with Gasteiger partial charge in [-0.1, -0.05) is 24.3 Å². The molecular formula is C25H25FN4O3. The van der Waals surface area contributed by atoms with Gasteiger partial charge in [0.2, 0.25) is 11.8 Å². The quantitative estimate of drug-likeness (QED) is 0.731. The predicted octanol–water partition coefficient (Wildman–Crippen LogP) is 2.08. The molecule has 5 rings (SSSR count). The first-order valence-electron chi connectivity index (χ1n) is 11.1. The van der Waals surface area contributed by atoms with Crippen molar-refractivity contribution in [3.05, 3.63) is 53.3 Å². The smallest absolute Gasteiger partial charge is 0.241 e. The largest absolute Gasteiger partial charge is 0.377 e. The molecule has 2 bridgehead atoms. The number of likely N-dealkylation sites (N-methyl/N-ethyl adjacent to an activating group) is 1. The molecule has 7 nitrogen and oxygen atoms in total. The number of ether oxygens (including phenoxy) is 1. The van der Waals surface area contributed by atoms with E-state index in [0.29, 0.717) is 43.5 Å². The highest BCUT2D eigenvalue weighted by molar-refractivity contribution is 6.01. The second-order valence-electron chi connectivity index (χ2n) is 9.05. The van der Waals surface area contributed by atoms with Crippen LogP contribution < -0.4 is 15.5 Å². The van der Waals surface area contributed by atoms with E-state index in [1.165, 1.54) is 6.07 Å². The fourth-order valence-corrected chi connectivity index (χ4v) is 5.00. The predicted molar refractivity (Wildman–Crippen MR) is 120 cm³/mol. The van der Waals surface area contributed by atoms with E-state index in [-0.39, 0.29) is 24.3 Å². The molecule has 0 aromatic heterocycles. The summed E-state index contributed by atoms with van der Waals surface area (Å²) in [6, 6.07) is 11.8. The summed E-state index contributed by atoms with van der Waals surface area (Å²) < 4.78 is 20.6. The van der Waals surface area contributed by atoms with E-state index in [9.17, 15) is 19.2 Å². The lowest BCUT2D eigenvalue weighted by Crippen LogP contribution is -2.57. The van der Waals surface area contributed by atoms with Gasteiger partial charge in [-0.15, -0.1) is 0 Å². The molecule has 2 aromatic rings. The van der Waals surface area contributed by atoms with Crippen LogP contribution in [0.5, 0.6) is 0 Å². The number of hydrogen-bond donors (Lipinski definition) is 2. The number of anilines is 1. The Bertz CT molecular complexity index is 1170. The average molecular weight is 448 g/mol. The lowest BCUT2D eigenvalue weighted by Gasteiger charge is -2.32. The highest BCUT2D eigenvalue weighted by Crippen LogP contribution is 2.33. The van der Waals surface area contributed by atoms with E-state index >= 15 is 0 Å². The van der Waals surface area contributed by atoms with Crippen LogP contribution >= 0.6 is 0 Å². The van der Waals surface area contributed by atoms with Gasteiger partial charge in [0.05, 0.1) is 18.6 Å². The molecule has 2 saturated heterocycles. The minimum Gasteiger partial charge on any atom is -0.377 e. The van der Waals surface area contributed by atoms with Crippen LogP contribution in [0.1, 0.15) is 24.0 Å². The topological polar surface area (TPSA) is 94.5 Å². The lowest BCUT2D eigenvalue weighted by molar-refractivity contribution is -0.130. The molecule has 0 aliphatic carbocycles. The third-order valence-corrected chi connectivity index (χ3v) is 7.00. The fourth-order valence-electron chi connectivity index (χ4n) is 5.00. The first kappa shape index (κ1) is 21.6. The molecule has 2 amide bonds. The SMILES string of the molecule is CN1C(=O)Cc2ccc(-c3ccc(C[C@@H](C#N)NC(=O)[C@@]45CCO[C@H](CN4)C5)c(F)c3)cc21. The minimum absolute atomic E-state index is 0.0205. The Morgan fingerprint density at radius 1 is 1.36 bits per heavy atom. The molecule has 0 radical (unpaired) electrons. The van der Waals surface area contributed by atoms with Crippen molar-refractivity contribution in [2.75, 3.05) is 25.1 Å². The maximum atomic E-state index is 15.0. The number of halogens is 1. The Labute approximate surface area is 191 Å². The van der Waals surface area contributed by atoms with Crippen LogP contribution in [-0.4, -0.2) is 49.7 Å². The summed E-state index contributed by atoms with van der Waals surface area (Å²) in [6.07, 6.45) is 1.61. The number of benzene rings is 2. The van der Waals surface area contributed by atoms with Crippen LogP contribution in [-0.2, 0) is 27.2 Å². The molecule has 3 atom stereocenters. The van der Waals surface area contributed by atoms with Crippen molar-refractivity contribution < 1.29 is 18.7 Å². The van der Waals surface area contributed by atoms with Crippen LogP contribution in [0.25, 0.3) is 11.1 Å². The number of hydrogen-bond acceptors (Lipinski definition) is 5. The maximum absolute atomic E-state index is 15.0. The van der Waals surface area contributed by atoms with Gasteiger partial charge in [-0.25, -0.2) is 4.39 Å². The minimum atomic E-state index is -0.837. The van der Waals surface area contributed by atoms with Crippen LogP contribution in [0.2, 0.25) is 0 Å². The van der Waals surface area contributed by atoms with Gasteiger partial charge in [0, 0.05) is 38.7 Å². The number of rotatable bonds is 5. The van der Waals surface area contributed by atoms with E-state index in [4.69, 9.17) is 4.74 Å². The number of carbonyl (C=O) groups excluding carboxylic acids is 2. The first-order valence-corrected chi connectivity index (χ1v) is 11.1. The molecule has 2 N–H and O–H groups in total. The number of fused-ring (bicyclic) bond motifs is 3. The second-order valence-corrected chi connectivity index (χ2v) is 9.05. The summed E-state index contributed by atoms with van der Waals surface area (Å²) in [5.74, 6) is -0.624. The molecule has 2 fully saturated rings. The van der Waals surface area contributed by atoms with Crippen molar-refractivity contribution in [1.82, 2.24) is 10.6 Å². The number of nitriles is 1. The number of nitrogens with zero attached hydrogens (tertiary/aromatic N) is 2. The lowest BCUT2D eigenvalue weighted by atomic mass is 9.89. The molecule has 3 aliphatic heterocycles. The average Bonchev–Trinajstić information content (AvgIpc) is 3.28. The summed E-state index contributed by atoms with van der Waals surface area (Å²) in [7, 11) is 1.74. The zero-order valence-corrected chi connectivity index (χ0v) is 18.4. The molecule has 0 saturated carbocycles. The Morgan fingerprint density at radius 2 is 2.15 bits per heavy atom. The van der Waals surface area contributed by atoms with E-state index in [2.05, 4.69) is 16.7 Å². The van der Waals surface area contributed by atoms with Gasteiger partial charge in [0.15, 0.2) is 0 Å². The molecule has 8 heteroatoms. The number of nitrogens with one attached hydrogen (secondary N) is 2. The van der Waals surface area contributed by atoms with E-state index < -0.39 is 17.4 Å². The van der Waals surface area contributed by atoms with Crippen molar-refractivity contribution in [1.29, 1.82) is 5.26 Å². The van der Waals surface area contributed by atoms with Crippen LogP contribution in [0.15, 0.2) is 36.4 Å². The van der Waals surface area contributed by atoms with Crippen molar-refractivity contribution >= 4 is 17.5 Å². The number of carbonyl (C=O) groups is 2. The molecule has 3 aliphatic rings. The summed E-state index contributed by atoms with van der Waals surface area (Å²) in [5.41, 5.74) is 2.95. The Balaban J connectivity index is 1.30. The Morgan fingerprint density at radius 3 is 2.94 bits per heavy atom. The zero-order valence-electron chi connectivity index (χ0n) is 18.4. The summed E-state index contributed by atoms with van der Waals surface area (Å²) in [4.78, 5) is 26.4. The molecule has 33 heavy (non-hydrogen) atoms. The van der Waals surface area contributed by atoms with E-state index in [1.807, 2.05) is 18.2 Å². The first-order chi connectivity index (χ1) is 15.9. The van der Waals surface area contributed by atoms with Gasteiger partial charge < -0.3 is 20.3 Å². The monoisotopic (exact) mass is 448 g/mol. The van der Waals surface area contributed by atoms with Crippen molar-refractivity contribution in [3.63, 3.8) is 0 Å². The van der Waals surface area contributed by atoms with Gasteiger partial charge in [0.25, 0.3) is 0 Å².